The van der Waals surface area contributed by atoms with E-state index in [4.69, 9.17) is 0 Å². The van der Waals surface area contributed by atoms with Gasteiger partial charge in [0.1, 0.15) is 5.78 Å². The van der Waals surface area contributed by atoms with E-state index in [-0.39, 0.29) is 16.7 Å². The molecular weight excluding hydrogens is 365 g/mol. The third-order valence-corrected chi connectivity index (χ3v) is 3.85. The highest BCUT2D eigenvalue weighted by Gasteiger charge is 2.33. The second-order valence-corrected chi connectivity index (χ2v) is 5.55. The first-order valence-electron chi connectivity index (χ1n) is 4.72. The van der Waals surface area contributed by atoms with Crippen LogP contribution in [0.2, 0.25) is 0 Å². The third kappa shape index (κ3) is 4.10. The molecule has 0 fully saturated rings. The zero-order valence-corrected chi connectivity index (χ0v) is 12.0. The van der Waals surface area contributed by atoms with Gasteiger partial charge in [-0.3, -0.25) is 4.79 Å². The van der Waals surface area contributed by atoms with Gasteiger partial charge in [0.2, 0.25) is 0 Å². The van der Waals surface area contributed by atoms with E-state index in [1.807, 2.05) is 0 Å². The van der Waals surface area contributed by atoms with Crippen molar-refractivity contribution >= 4 is 37.6 Å². The van der Waals surface area contributed by atoms with Crippen LogP contribution in [0.15, 0.2) is 22.7 Å². The van der Waals surface area contributed by atoms with Crippen molar-refractivity contribution in [2.45, 2.75) is 24.3 Å². The minimum Gasteiger partial charge on any atom is -0.299 e. The van der Waals surface area contributed by atoms with Gasteiger partial charge in [-0.05, 0) is 31.0 Å². The molecule has 1 aromatic carbocycles. The molecule has 0 radical (unpaired) electrons. The summed E-state index contributed by atoms with van der Waals surface area (Å²) in [4.78, 5) is 10.6. The van der Waals surface area contributed by atoms with Crippen molar-refractivity contribution in [3.05, 3.63) is 33.8 Å². The Morgan fingerprint density at radius 2 is 2.00 bits per heavy atom. The molecule has 0 saturated heterocycles. The number of Topliss-reactive ketones (excluding diaryl/α,β-unsaturated/α-hetero) is 1. The quantitative estimate of drug-likeness (QED) is 0.719. The molecule has 0 aliphatic rings. The number of benzene rings is 1. The lowest BCUT2D eigenvalue weighted by Gasteiger charge is -2.12. The molecule has 0 N–H and O–H groups in total. The molecule has 0 spiro atoms. The van der Waals surface area contributed by atoms with Gasteiger partial charge in [0, 0.05) is 4.47 Å². The van der Waals surface area contributed by atoms with Crippen molar-refractivity contribution in [1.29, 1.82) is 0 Å². The predicted octanol–water partition coefficient (Wildman–Crippen LogP) is 4.36. The molecule has 0 aliphatic heterocycles. The average molecular weight is 374 g/mol. The van der Waals surface area contributed by atoms with Crippen molar-refractivity contribution in [2.24, 2.45) is 0 Å². The Morgan fingerprint density at radius 1 is 1.41 bits per heavy atom. The Morgan fingerprint density at radius 3 is 2.47 bits per heavy atom. The Hall–Kier alpha value is -0.360. The number of rotatable bonds is 3. The summed E-state index contributed by atoms with van der Waals surface area (Å²) in [6, 6.07) is 3.97. The monoisotopic (exact) mass is 372 g/mol. The summed E-state index contributed by atoms with van der Waals surface area (Å²) < 4.78 is 37.9. The maximum Gasteiger partial charge on any atom is 0.417 e. The second-order valence-electron chi connectivity index (χ2n) is 3.59. The van der Waals surface area contributed by atoms with Crippen LogP contribution in [0.1, 0.15) is 18.1 Å². The SMILES string of the molecule is CC(=O)C(Br)Cc1ccc(Br)c(C(F)(F)F)c1. The largest absolute Gasteiger partial charge is 0.417 e. The summed E-state index contributed by atoms with van der Waals surface area (Å²) in [7, 11) is 0. The Bertz CT molecular complexity index is 429. The molecule has 0 aliphatic carbocycles. The van der Waals surface area contributed by atoms with E-state index in [1.54, 1.807) is 6.07 Å². The van der Waals surface area contributed by atoms with E-state index in [9.17, 15) is 18.0 Å². The molecule has 1 rings (SSSR count). The first-order valence-corrected chi connectivity index (χ1v) is 6.43. The molecule has 1 unspecified atom stereocenters. The number of ketones is 1. The first kappa shape index (κ1) is 14.7. The van der Waals surface area contributed by atoms with Gasteiger partial charge in [-0.15, -0.1) is 0 Å². The van der Waals surface area contributed by atoms with Gasteiger partial charge in [0.25, 0.3) is 0 Å². The van der Waals surface area contributed by atoms with Crippen LogP contribution in [-0.4, -0.2) is 10.6 Å². The summed E-state index contributed by atoms with van der Waals surface area (Å²) in [6.45, 7) is 1.39. The van der Waals surface area contributed by atoms with E-state index in [0.717, 1.165) is 6.07 Å². The smallest absolute Gasteiger partial charge is 0.299 e. The Balaban J connectivity index is 3.01. The number of hydrogen-bond acceptors (Lipinski definition) is 1. The molecular formula is C11H9Br2F3O. The minimum absolute atomic E-state index is 0.00250. The number of carbonyl (C=O) groups is 1. The van der Waals surface area contributed by atoms with E-state index >= 15 is 0 Å². The van der Waals surface area contributed by atoms with Crippen molar-refractivity contribution in [3.8, 4) is 0 Å². The number of alkyl halides is 4. The summed E-state index contributed by atoms with van der Waals surface area (Å²) in [5.74, 6) is -0.110. The summed E-state index contributed by atoms with van der Waals surface area (Å²) >= 11 is 5.99. The zero-order valence-electron chi connectivity index (χ0n) is 8.81. The van der Waals surface area contributed by atoms with Crippen molar-refractivity contribution in [2.75, 3.05) is 0 Å². The summed E-state index contributed by atoms with van der Waals surface area (Å²) in [5, 5.41) is 0. The fraction of sp³-hybridized carbons (Fsp3) is 0.364. The third-order valence-electron chi connectivity index (χ3n) is 2.19. The second kappa shape index (κ2) is 5.52. The lowest BCUT2D eigenvalue weighted by molar-refractivity contribution is -0.138. The lowest BCUT2D eigenvalue weighted by Crippen LogP contribution is -2.14. The Kier molecular flexibility index (Phi) is 4.77. The van der Waals surface area contributed by atoms with Crippen LogP contribution >= 0.6 is 31.9 Å². The summed E-state index contributed by atoms with van der Waals surface area (Å²) in [5.41, 5.74) is -0.254. The topological polar surface area (TPSA) is 17.1 Å². The fourth-order valence-electron chi connectivity index (χ4n) is 1.27. The van der Waals surface area contributed by atoms with Gasteiger partial charge in [0.15, 0.2) is 0 Å². The van der Waals surface area contributed by atoms with Crippen LogP contribution in [0.3, 0.4) is 0 Å². The minimum atomic E-state index is -4.40. The maximum absolute atomic E-state index is 12.6. The van der Waals surface area contributed by atoms with E-state index in [2.05, 4.69) is 31.9 Å². The van der Waals surface area contributed by atoms with Crippen LogP contribution in [0.5, 0.6) is 0 Å². The van der Waals surface area contributed by atoms with Crippen LogP contribution in [0, 0.1) is 0 Å². The number of halogens is 5. The highest BCUT2D eigenvalue weighted by Crippen LogP contribution is 2.35. The zero-order chi connectivity index (χ0) is 13.2. The van der Waals surface area contributed by atoms with Gasteiger partial charge in [-0.1, -0.05) is 37.9 Å². The van der Waals surface area contributed by atoms with E-state index in [0.29, 0.717) is 5.56 Å². The standard InChI is InChI=1S/C11H9Br2F3O/c1-6(17)10(13)5-7-2-3-9(12)8(4-7)11(14,15)16/h2-4,10H,5H2,1H3. The lowest BCUT2D eigenvalue weighted by atomic mass is 10.0. The van der Waals surface area contributed by atoms with Crippen molar-refractivity contribution in [3.63, 3.8) is 0 Å². The van der Waals surface area contributed by atoms with Crippen LogP contribution in [0.4, 0.5) is 13.2 Å². The van der Waals surface area contributed by atoms with Crippen molar-refractivity contribution in [1.82, 2.24) is 0 Å². The van der Waals surface area contributed by atoms with Crippen LogP contribution < -0.4 is 0 Å². The molecule has 94 valence electrons. The van der Waals surface area contributed by atoms with Gasteiger partial charge in [-0.2, -0.15) is 13.2 Å². The molecule has 0 amide bonds. The van der Waals surface area contributed by atoms with Gasteiger partial charge in [-0.25, -0.2) is 0 Å². The Labute approximate surface area is 114 Å². The molecule has 17 heavy (non-hydrogen) atoms. The molecule has 1 nitrogen and oxygen atoms in total. The molecule has 6 heteroatoms. The molecule has 0 heterocycles. The van der Waals surface area contributed by atoms with Gasteiger partial charge >= 0.3 is 6.18 Å². The molecule has 1 aromatic rings. The molecule has 0 saturated carbocycles. The highest BCUT2D eigenvalue weighted by molar-refractivity contribution is 9.10. The number of hydrogen-bond donors (Lipinski definition) is 0. The summed E-state index contributed by atoms with van der Waals surface area (Å²) in [6.07, 6.45) is -4.15. The molecule has 0 bridgehead atoms. The van der Waals surface area contributed by atoms with E-state index in [1.165, 1.54) is 13.0 Å². The average Bonchev–Trinajstić information content (AvgIpc) is 2.19. The fourth-order valence-corrected chi connectivity index (χ4v) is 2.11. The van der Waals surface area contributed by atoms with Crippen molar-refractivity contribution < 1.29 is 18.0 Å². The molecule has 0 aromatic heterocycles. The van der Waals surface area contributed by atoms with Gasteiger partial charge in [0.05, 0.1) is 10.4 Å². The highest BCUT2D eigenvalue weighted by atomic mass is 79.9. The van der Waals surface area contributed by atoms with Crippen LogP contribution in [0.25, 0.3) is 0 Å². The van der Waals surface area contributed by atoms with E-state index < -0.39 is 16.6 Å². The first-order chi connectivity index (χ1) is 7.71. The molecule has 1 atom stereocenters. The maximum atomic E-state index is 12.6. The normalized spacial score (nSPS) is 13.5. The van der Waals surface area contributed by atoms with Gasteiger partial charge < -0.3 is 0 Å². The predicted molar refractivity (Wildman–Crippen MR) is 66.2 cm³/mol. The van der Waals surface area contributed by atoms with Crippen LogP contribution in [-0.2, 0) is 17.4 Å². The number of carbonyl (C=O) groups excluding carboxylic acids is 1.